The Labute approximate surface area is 121 Å². The minimum Gasteiger partial charge on any atom is -0.465 e. The lowest BCUT2D eigenvalue weighted by Gasteiger charge is -2.11. The zero-order chi connectivity index (χ0) is 15.4. The number of nitrogens with two attached hydrogens (primary N) is 1. The van der Waals surface area contributed by atoms with E-state index < -0.39 is 12.0 Å². The van der Waals surface area contributed by atoms with E-state index in [2.05, 4.69) is 15.2 Å². The zero-order valence-electron chi connectivity index (χ0n) is 11.7. The highest BCUT2D eigenvalue weighted by Crippen LogP contribution is 2.15. The lowest BCUT2D eigenvalue weighted by atomic mass is 10.1. The number of rotatable bonds is 4. The molecule has 21 heavy (non-hydrogen) atoms. The Morgan fingerprint density at radius 1 is 1.43 bits per heavy atom. The van der Waals surface area contributed by atoms with Gasteiger partial charge in [-0.2, -0.15) is 5.10 Å². The first-order valence-electron chi connectivity index (χ1n) is 6.24. The Hall–Kier alpha value is -2.67. The fraction of sp³-hybridized carbons (Fsp3) is 0.214. The lowest BCUT2D eigenvalue weighted by Crippen LogP contribution is -2.27. The topological polar surface area (TPSA) is 99.2 Å². The largest absolute Gasteiger partial charge is 0.465 e. The van der Waals surface area contributed by atoms with Gasteiger partial charge in [0.2, 0.25) is 5.91 Å². The minimum absolute atomic E-state index is 0.352. The molecule has 110 valence electrons. The highest BCUT2D eigenvalue weighted by Gasteiger charge is 2.18. The molecular formula is C14H16N4O3. The standard InChI is InChI=1S/C14H16N4O3/c1-18-8-10(7-16-18)12(15)13(19)17-11-5-3-4-9(6-11)14(20)21-2/h3-8,12H,15H2,1-2H3,(H,17,19). The van der Waals surface area contributed by atoms with Gasteiger partial charge in [-0.15, -0.1) is 0 Å². The van der Waals surface area contributed by atoms with Gasteiger partial charge in [0.15, 0.2) is 0 Å². The molecule has 1 aromatic carbocycles. The maximum atomic E-state index is 12.1. The number of nitrogens with one attached hydrogen (secondary N) is 1. The van der Waals surface area contributed by atoms with Crippen molar-refractivity contribution < 1.29 is 14.3 Å². The second-order valence-corrected chi connectivity index (χ2v) is 4.49. The molecule has 1 aromatic heterocycles. The van der Waals surface area contributed by atoms with Crippen LogP contribution in [0.4, 0.5) is 5.69 Å². The summed E-state index contributed by atoms with van der Waals surface area (Å²) in [6, 6.07) is 5.61. The summed E-state index contributed by atoms with van der Waals surface area (Å²) in [7, 11) is 3.04. The van der Waals surface area contributed by atoms with Crippen molar-refractivity contribution in [2.75, 3.05) is 12.4 Å². The van der Waals surface area contributed by atoms with E-state index in [1.54, 1.807) is 36.1 Å². The molecular weight excluding hydrogens is 272 g/mol. The number of carbonyl (C=O) groups excluding carboxylic acids is 2. The van der Waals surface area contributed by atoms with E-state index in [1.807, 2.05) is 0 Å². The van der Waals surface area contributed by atoms with Gasteiger partial charge in [-0.1, -0.05) is 6.07 Å². The first-order chi connectivity index (χ1) is 10.0. The number of esters is 1. The molecule has 0 radical (unpaired) electrons. The van der Waals surface area contributed by atoms with Gasteiger partial charge in [-0.3, -0.25) is 9.48 Å². The SMILES string of the molecule is COC(=O)c1cccc(NC(=O)C(N)c2cnn(C)c2)c1. The minimum atomic E-state index is -0.833. The summed E-state index contributed by atoms with van der Waals surface area (Å²) in [5, 5.41) is 6.63. The third-order valence-corrected chi connectivity index (χ3v) is 2.92. The second-order valence-electron chi connectivity index (χ2n) is 4.49. The summed E-state index contributed by atoms with van der Waals surface area (Å²) in [5.41, 5.74) is 7.30. The van der Waals surface area contributed by atoms with E-state index in [-0.39, 0.29) is 5.91 Å². The van der Waals surface area contributed by atoms with Gasteiger partial charge in [-0.05, 0) is 18.2 Å². The first-order valence-corrected chi connectivity index (χ1v) is 6.24. The van der Waals surface area contributed by atoms with Crippen LogP contribution in [0, 0.1) is 0 Å². The van der Waals surface area contributed by atoms with Crippen LogP contribution < -0.4 is 11.1 Å². The molecule has 1 heterocycles. The molecule has 0 spiro atoms. The predicted molar refractivity (Wildman–Crippen MR) is 76.5 cm³/mol. The van der Waals surface area contributed by atoms with Crippen LogP contribution in [0.5, 0.6) is 0 Å². The molecule has 0 fully saturated rings. The van der Waals surface area contributed by atoms with Crippen LogP contribution in [0.2, 0.25) is 0 Å². The van der Waals surface area contributed by atoms with Crippen molar-refractivity contribution in [3.8, 4) is 0 Å². The summed E-state index contributed by atoms with van der Waals surface area (Å²) in [5.74, 6) is -0.854. The van der Waals surface area contributed by atoms with Crippen LogP contribution in [0.15, 0.2) is 36.7 Å². The quantitative estimate of drug-likeness (QED) is 0.812. The summed E-state index contributed by atoms with van der Waals surface area (Å²) in [6.07, 6.45) is 3.21. The summed E-state index contributed by atoms with van der Waals surface area (Å²) in [4.78, 5) is 23.5. The van der Waals surface area contributed by atoms with E-state index in [4.69, 9.17) is 5.73 Å². The molecule has 2 aromatic rings. The van der Waals surface area contributed by atoms with Crippen LogP contribution in [-0.4, -0.2) is 28.8 Å². The Balaban J connectivity index is 2.10. The number of benzene rings is 1. The smallest absolute Gasteiger partial charge is 0.337 e. The van der Waals surface area contributed by atoms with Crippen molar-refractivity contribution in [1.29, 1.82) is 0 Å². The third-order valence-electron chi connectivity index (χ3n) is 2.92. The number of amides is 1. The van der Waals surface area contributed by atoms with Gasteiger partial charge in [-0.25, -0.2) is 4.79 Å². The molecule has 0 bridgehead atoms. The van der Waals surface area contributed by atoms with Gasteiger partial charge in [0, 0.05) is 24.5 Å². The number of aromatic nitrogens is 2. The highest BCUT2D eigenvalue weighted by molar-refractivity contribution is 5.97. The molecule has 0 saturated carbocycles. The Kier molecular flexibility index (Phi) is 4.34. The fourth-order valence-corrected chi connectivity index (χ4v) is 1.81. The van der Waals surface area contributed by atoms with Gasteiger partial charge < -0.3 is 15.8 Å². The number of nitrogens with zero attached hydrogens (tertiary/aromatic N) is 2. The summed E-state index contributed by atoms with van der Waals surface area (Å²) in [6.45, 7) is 0. The number of methoxy groups -OCH3 is 1. The van der Waals surface area contributed by atoms with Crippen molar-refractivity contribution in [2.45, 2.75) is 6.04 Å². The molecule has 7 nitrogen and oxygen atoms in total. The molecule has 0 aliphatic carbocycles. The Bertz CT molecular complexity index is 666. The Morgan fingerprint density at radius 3 is 2.81 bits per heavy atom. The van der Waals surface area contributed by atoms with Crippen molar-refractivity contribution >= 4 is 17.6 Å². The fourth-order valence-electron chi connectivity index (χ4n) is 1.81. The molecule has 0 aliphatic heterocycles. The first kappa shape index (κ1) is 14.7. The number of carbonyl (C=O) groups is 2. The molecule has 7 heteroatoms. The van der Waals surface area contributed by atoms with Gasteiger partial charge in [0.1, 0.15) is 6.04 Å². The van der Waals surface area contributed by atoms with Crippen molar-refractivity contribution in [1.82, 2.24) is 9.78 Å². The van der Waals surface area contributed by atoms with Crippen LogP contribution >= 0.6 is 0 Å². The molecule has 1 unspecified atom stereocenters. The van der Waals surface area contributed by atoms with E-state index in [1.165, 1.54) is 19.4 Å². The number of anilines is 1. The van der Waals surface area contributed by atoms with Gasteiger partial charge in [0.05, 0.1) is 18.9 Å². The average Bonchev–Trinajstić information content (AvgIpc) is 2.92. The van der Waals surface area contributed by atoms with Crippen LogP contribution in [0.3, 0.4) is 0 Å². The molecule has 3 N–H and O–H groups in total. The highest BCUT2D eigenvalue weighted by atomic mass is 16.5. The van der Waals surface area contributed by atoms with Crippen molar-refractivity contribution in [3.05, 3.63) is 47.8 Å². The van der Waals surface area contributed by atoms with Crippen LogP contribution in [0.1, 0.15) is 22.0 Å². The van der Waals surface area contributed by atoms with Crippen molar-refractivity contribution in [3.63, 3.8) is 0 Å². The van der Waals surface area contributed by atoms with E-state index in [0.29, 0.717) is 16.8 Å². The Morgan fingerprint density at radius 2 is 2.19 bits per heavy atom. The number of hydrogen-bond donors (Lipinski definition) is 2. The van der Waals surface area contributed by atoms with Gasteiger partial charge >= 0.3 is 5.97 Å². The molecule has 1 amide bonds. The molecule has 0 aliphatic rings. The normalized spacial score (nSPS) is 11.8. The number of aryl methyl sites for hydroxylation is 1. The third kappa shape index (κ3) is 3.46. The van der Waals surface area contributed by atoms with E-state index >= 15 is 0 Å². The number of hydrogen-bond acceptors (Lipinski definition) is 5. The summed E-state index contributed by atoms with van der Waals surface area (Å²) < 4.78 is 6.20. The monoisotopic (exact) mass is 288 g/mol. The van der Waals surface area contributed by atoms with Crippen molar-refractivity contribution in [2.24, 2.45) is 12.8 Å². The summed E-state index contributed by atoms with van der Waals surface area (Å²) >= 11 is 0. The molecule has 2 rings (SSSR count). The predicted octanol–water partition coefficient (Wildman–Crippen LogP) is 0.845. The number of ether oxygens (including phenoxy) is 1. The van der Waals surface area contributed by atoms with E-state index in [0.717, 1.165) is 0 Å². The molecule has 0 saturated heterocycles. The van der Waals surface area contributed by atoms with Crippen LogP contribution in [-0.2, 0) is 16.6 Å². The lowest BCUT2D eigenvalue weighted by molar-refractivity contribution is -0.117. The average molecular weight is 288 g/mol. The van der Waals surface area contributed by atoms with Crippen LogP contribution in [0.25, 0.3) is 0 Å². The molecule has 1 atom stereocenters. The maximum absolute atomic E-state index is 12.1. The zero-order valence-corrected chi connectivity index (χ0v) is 11.7. The second kappa shape index (κ2) is 6.19. The maximum Gasteiger partial charge on any atom is 0.337 e. The van der Waals surface area contributed by atoms with Gasteiger partial charge in [0.25, 0.3) is 0 Å². The van der Waals surface area contributed by atoms with E-state index in [9.17, 15) is 9.59 Å².